The molecule has 1 N–H and O–H groups in total. The van der Waals surface area contributed by atoms with E-state index in [0.29, 0.717) is 11.3 Å². The summed E-state index contributed by atoms with van der Waals surface area (Å²) in [6.45, 7) is 6.68. The van der Waals surface area contributed by atoms with Crippen molar-refractivity contribution in [3.63, 3.8) is 0 Å². The fourth-order valence-electron chi connectivity index (χ4n) is 2.99. The van der Waals surface area contributed by atoms with Crippen LogP contribution in [0.4, 0.5) is 0 Å². The summed E-state index contributed by atoms with van der Waals surface area (Å²) in [5.41, 5.74) is -0.601. The van der Waals surface area contributed by atoms with Crippen molar-refractivity contribution >= 4 is 16.9 Å². The third-order valence-corrected chi connectivity index (χ3v) is 4.90. The molecule has 0 radical (unpaired) electrons. The van der Waals surface area contributed by atoms with E-state index < -0.39 is 41.6 Å². The van der Waals surface area contributed by atoms with Crippen molar-refractivity contribution in [2.75, 3.05) is 5.75 Å². The minimum atomic E-state index is -0.808. The molecule has 3 heterocycles. The Morgan fingerprint density at radius 3 is 2.67 bits per heavy atom. The molecule has 8 nitrogen and oxygen atoms in total. The van der Waals surface area contributed by atoms with Crippen molar-refractivity contribution in [3.8, 4) is 0 Å². The third kappa shape index (κ3) is 3.21. The molecule has 2 saturated heterocycles. The Morgan fingerprint density at radius 2 is 2.00 bits per heavy atom. The molecule has 1 aromatic rings. The van der Waals surface area contributed by atoms with Crippen LogP contribution in [0.25, 0.3) is 0 Å². The minimum Gasteiger partial charge on any atom is -0.348 e. The van der Waals surface area contributed by atoms with Gasteiger partial charge in [-0.05, 0) is 20.8 Å². The third-order valence-electron chi connectivity index (χ3n) is 4.00. The number of rotatable bonds is 3. The van der Waals surface area contributed by atoms with Gasteiger partial charge in [0.2, 0.25) is 0 Å². The first-order valence-corrected chi connectivity index (χ1v) is 8.63. The fraction of sp³-hybridized carbons (Fsp3) is 0.667. The highest BCUT2D eigenvalue weighted by atomic mass is 32.2. The number of thioether (sulfide) groups is 1. The quantitative estimate of drug-likeness (QED) is 0.844. The van der Waals surface area contributed by atoms with Crippen molar-refractivity contribution < 1.29 is 19.0 Å². The van der Waals surface area contributed by atoms with Gasteiger partial charge in [0.25, 0.3) is 5.56 Å². The van der Waals surface area contributed by atoms with Gasteiger partial charge >= 0.3 is 5.69 Å². The standard InChI is InChI=1S/C15H20N2O6S/c1-7-5-17(14(20)16-12(7)19)13-11-10(22-15(3,4)23-11)9(21-13)6-24-8(2)18/h5,9-11,13H,6H2,1-4H3,(H,16,19,20)/t9-,10-,11-,13-/m1/s1. The molecule has 3 rings (SSSR count). The maximum Gasteiger partial charge on any atom is 0.330 e. The molecule has 1 aromatic heterocycles. The number of H-pyrrole nitrogens is 1. The van der Waals surface area contributed by atoms with Crippen LogP contribution in [0.2, 0.25) is 0 Å². The van der Waals surface area contributed by atoms with Crippen LogP contribution in [-0.4, -0.2) is 44.5 Å². The summed E-state index contributed by atoms with van der Waals surface area (Å²) in [6.07, 6.45) is -0.554. The summed E-state index contributed by atoms with van der Waals surface area (Å²) in [7, 11) is 0. The zero-order valence-electron chi connectivity index (χ0n) is 13.9. The van der Waals surface area contributed by atoms with Crippen LogP contribution in [0.3, 0.4) is 0 Å². The maximum absolute atomic E-state index is 12.2. The minimum absolute atomic E-state index is 0.0196. The van der Waals surface area contributed by atoms with Gasteiger partial charge in [0.15, 0.2) is 17.1 Å². The molecular weight excluding hydrogens is 336 g/mol. The van der Waals surface area contributed by atoms with Crippen molar-refractivity contribution in [2.45, 2.75) is 58.0 Å². The molecule has 24 heavy (non-hydrogen) atoms. The van der Waals surface area contributed by atoms with Crippen LogP contribution in [0, 0.1) is 6.92 Å². The Bertz CT molecular complexity index is 770. The van der Waals surface area contributed by atoms with Crippen LogP contribution in [0.15, 0.2) is 15.8 Å². The fourth-order valence-corrected chi connectivity index (χ4v) is 3.66. The Morgan fingerprint density at radius 1 is 1.33 bits per heavy atom. The molecule has 2 fully saturated rings. The van der Waals surface area contributed by atoms with E-state index in [9.17, 15) is 14.4 Å². The number of ether oxygens (including phenoxy) is 3. The Hall–Kier alpha value is -1.42. The predicted octanol–water partition coefficient (Wildman–Crippen LogP) is 0.542. The highest BCUT2D eigenvalue weighted by molar-refractivity contribution is 8.13. The van der Waals surface area contributed by atoms with Crippen LogP contribution < -0.4 is 11.2 Å². The van der Waals surface area contributed by atoms with Crippen LogP contribution in [0.5, 0.6) is 0 Å². The van der Waals surface area contributed by atoms with Gasteiger partial charge in [-0.2, -0.15) is 0 Å². The van der Waals surface area contributed by atoms with Crippen LogP contribution in [0.1, 0.15) is 32.6 Å². The van der Waals surface area contributed by atoms with Crippen molar-refractivity contribution in [3.05, 3.63) is 32.6 Å². The molecule has 0 spiro atoms. The second-order valence-electron chi connectivity index (χ2n) is 6.41. The summed E-state index contributed by atoms with van der Waals surface area (Å²) in [6, 6.07) is 0. The molecule has 4 atom stereocenters. The number of aryl methyl sites for hydroxylation is 1. The lowest BCUT2D eigenvalue weighted by atomic mass is 10.1. The number of hydrogen-bond donors (Lipinski definition) is 1. The van der Waals surface area contributed by atoms with E-state index in [1.54, 1.807) is 20.8 Å². The highest BCUT2D eigenvalue weighted by Gasteiger charge is 2.56. The summed E-state index contributed by atoms with van der Waals surface area (Å²) >= 11 is 1.14. The molecule has 0 unspecified atom stereocenters. The smallest absolute Gasteiger partial charge is 0.330 e. The monoisotopic (exact) mass is 356 g/mol. The second kappa shape index (κ2) is 6.14. The number of carbonyl (C=O) groups excluding carboxylic acids is 1. The first-order chi connectivity index (χ1) is 11.2. The summed E-state index contributed by atoms with van der Waals surface area (Å²) in [4.78, 5) is 37.3. The molecule has 132 valence electrons. The number of aromatic nitrogens is 2. The van der Waals surface area contributed by atoms with E-state index in [-0.39, 0.29) is 5.12 Å². The zero-order valence-corrected chi connectivity index (χ0v) is 14.7. The molecule has 0 aromatic carbocycles. The molecule has 0 bridgehead atoms. The number of aromatic amines is 1. The highest BCUT2D eigenvalue weighted by Crippen LogP contribution is 2.43. The van der Waals surface area contributed by atoms with Gasteiger partial charge in [0, 0.05) is 24.4 Å². The number of hydrogen-bond acceptors (Lipinski definition) is 7. The van der Waals surface area contributed by atoms with Crippen molar-refractivity contribution in [1.82, 2.24) is 9.55 Å². The average Bonchev–Trinajstić information content (AvgIpc) is 2.94. The number of fused-ring (bicyclic) bond motifs is 1. The molecule has 0 amide bonds. The summed E-state index contributed by atoms with van der Waals surface area (Å²) in [5, 5.41) is -0.0196. The summed E-state index contributed by atoms with van der Waals surface area (Å²) < 4.78 is 19.1. The molecule has 0 saturated carbocycles. The number of nitrogens with one attached hydrogen (secondary N) is 1. The lowest BCUT2D eigenvalue weighted by Crippen LogP contribution is -2.38. The molecule has 0 aliphatic carbocycles. The lowest BCUT2D eigenvalue weighted by Gasteiger charge is -2.24. The molecule has 2 aliphatic rings. The van der Waals surface area contributed by atoms with Gasteiger partial charge in [0.05, 0.1) is 6.10 Å². The van der Waals surface area contributed by atoms with E-state index in [1.807, 2.05) is 0 Å². The predicted molar refractivity (Wildman–Crippen MR) is 86.9 cm³/mol. The summed E-state index contributed by atoms with van der Waals surface area (Å²) in [5.74, 6) is -0.402. The van der Waals surface area contributed by atoms with Crippen molar-refractivity contribution in [1.29, 1.82) is 0 Å². The largest absolute Gasteiger partial charge is 0.348 e. The first-order valence-electron chi connectivity index (χ1n) is 7.64. The van der Waals surface area contributed by atoms with E-state index in [2.05, 4.69) is 4.98 Å². The van der Waals surface area contributed by atoms with Gasteiger partial charge in [-0.25, -0.2) is 4.79 Å². The molecule has 2 aliphatic heterocycles. The van der Waals surface area contributed by atoms with Crippen LogP contribution in [-0.2, 0) is 19.0 Å². The Labute approximate surface area is 142 Å². The van der Waals surface area contributed by atoms with E-state index in [0.717, 1.165) is 11.8 Å². The zero-order chi connectivity index (χ0) is 17.6. The number of nitrogens with zero attached hydrogens (tertiary/aromatic N) is 1. The van der Waals surface area contributed by atoms with Gasteiger partial charge in [-0.3, -0.25) is 19.1 Å². The van der Waals surface area contributed by atoms with Crippen LogP contribution >= 0.6 is 11.8 Å². The van der Waals surface area contributed by atoms with Gasteiger partial charge in [-0.15, -0.1) is 0 Å². The van der Waals surface area contributed by atoms with Gasteiger partial charge < -0.3 is 14.2 Å². The Balaban J connectivity index is 1.94. The van der Waals surface area contributed by atoms with E-state index in [1.165, 1.54) is 17.7 Å². The van der Waals surface area contributed by atoms with Crippen molar-refractivity contribution in [2.24, 2.45) is 0 Å². The van der Waals surface area contributed by atoms with E-state index in [4.69, 9.17) is 14.2 Å². The second-order valence-corrected chi connectivity index (χ2v) is 7.61. The normalized spacial score (nSPS) is 31.2. The average molecular weight is 356 g/mol. The molecular formula is C15H20N2O6S. The van der Waals surface area contributed by atoms with Gasteiger partial charge in [-0.1, -0.05) is 11.8 Å². The van der Waals surface area contributed by atoms with Gasteiger partial charge in [0.1, 0.15) is 12.2 Å². The number of carbonyl (C=O) groups is 1. The SMILES string of the molecule is CC(=O)SC[C@H]1O[C@@H](n2cc(C)c(=O)[nH]c2=O)[C@@H]2OC(C)(C)O[C@@H]21. The first kappa shape index (κ1) is 17.4. The van der Waals surface area contributed by atoms with E-state index >= 15 is 0 Å². The maximum atomic E-state index is 12.2. The lowest BCUT2D eigenvalue weighted by molar-refractivity contribution is -0.194. The molecule has 9 heteroatoms. The topological polar surface area (TPSA) is 99.6 Å². The Kier molecular flexibility index (Phi) is 4.45.